The summed E-state index contributed by atoms with van der Waals surface area (Å²) in [6.07, 6.45) is 3.57. The monoisotopic (exact) mass is 313 g/mol. The number of hydrogen-bond donors (Lipinski definition) is 2. The zero-order chi connectivity index (χ0) is 16.0. The van der Waals surface area contributed by atoms with Crippen molar-refractivity contribution in [3.05, 3.63) is 22.8 Å². The normalized spacial score (nSPS) is 11.8. The number of nitrogens with zero attached hydrogens (tertiary/aromatic N) is 2. The molecule has 7 heteroatoms. The molecule has 0 aliphatic heterocycles. The summed E-state index contributed by atoms with van der Waals surface area (Å²) in [4.78, 5) is 28.5. The zero-order valence-corrected chi connectivity index (χ0v) is 13.1. The molecule has 0 spiro atoms. The van der Waals surface area contributed by atoms with E-state index in [-0.39, 0.29) is 16.7 Å². The van der Waals surface area contributed by atoms with Crippen LogP contribution in [0.5, 0.6) is 0 Å². The summed E-state index contributed by atoms with van der Waals surface area (Å²) in [6.45, 7) is 1.99. The van der Waals surface area contributed by atoms with Gasteiger partial charge in [0.25, 0.3) is 5.91 Å². The number of carboxylic acids is 1. The number of carboxylic acid groups (broad SMARTS) is 1. The number of unbranched alkanes of at least 4 members (excludes halogenated alkanes) is 1. The first-order chi connectivity index (χ1) is 9.86. The average molecular weight is 314 g/mol. The van der Waals surface area contributed by atoms with Gasteiger partial charge in [0.2, 0.25) is 0 Å². The summed E-state index contributed by atoms with van der Waals surface area (Å²) in [6, 6.07) is 0.739. The van der Waals surface area contributed by atoms with E-state index in [2.05, 4.69) is 10.3 Å². The van der Waals surface area contributed by atoms with Crippen LogP contribution >= 0.6 is 11.6 Å². The summed E-state index contributed by atoms with van der Waals surface area (Å²) >= 11 is 6.07. The molecule has 0 bridgehead atoms. The van der Waals surface area contributed by atoms with Crippen LogP contribution < -0.4 is 5.32 Å². The minimum Gasteiger partial charge on any atom is -0.480 e. The predicted molar refractivity (Wildman–Crippen MR) is 81.8 cm³/mol. The minimum absolute atomic E-state index is 0.211. The third-order valence-electron chi connectivity index (χ3n) is 2.95. The highest BCUT2D eigenvalue weighted by Crippen LogP contribution is 2.22. The fourth-order valence-corrected chi connectivity index (χ4v) is 1.97. The van der Waals surface area contributed by atoms with Gasteiger partial charge in [-0.25, -0.2) is 9.78 Å². The van der Waals surface area contributed by atoms with Crippen LogP contribution in [-0.4, -0.2) is 47.0 Å². The van der Waals surface area contributed by atoms with Crippen LogP contribution in [0.25, 0.3) is 0 Å². The zero-order valence-electron chi connectivity index (χ0n) is 12.4. The van der Waals surface area contributed by atoms with E-state index < -0.39 is 12.0 Å². The van der Waals surface area contributed by atoms with Crippen LogP contribution in [0.2, 0.25) is 5.02 Å². The molecule has 0 fully saturated rings. The van der Waals surface area contributed by atoms with Crippen LogP contribution in [0.3, 0.4) is 0 Å². The number of amides is 1. The Morgan fingerprint density at radius 3 is 2.62 bits per heavy atom. The van der Waals surface area contributed by atoms with E-state index in [1.165, 1.54) is 17.2 Å². The molecule has 116 valence electrons. The van der Waals surface area contributed by atoms with E-state index in [1.807, 2.05) is 6.92 Å². The number of aliphatic carboxylic acids is 1. The smallest absolute Gasteiger partial charge is 0.326 e. The van der Waals surface area contributed by atoms with Crippen molar-refractivity contribution >= 4 is 29.3 Å². The van der Waals surface area contributed by atoms with E-state index in [1.54, 1.807) is 14.1 Å². The molecule has 1 heterocycles. The van der Waals surface area contributed by atoms with Gasteiger partial charge in [0.05, 0.1) is 10.6 Å². The first-order valence-corrected chi connectivity index (χ1v) is 7.11. The van der Waals surface area contributed by atoms with E-state index in [4.69, 9.17) is 11.6 Å². The molecule has 6 nitrogen and oxygen atoms in total. The third-order valence-corrected chi connectivity index (χ3v) is 3.24. The molecular formula is C14H20ClN3O3. The van der Waals surface area contributed by atoms with Crippen LogP contribution in [0.1, 0.15) is 36.5 Å². The van der Waals surface area contributed by atoms with E-state index in [0.717, 1.165) is 12.8 Å². The topological polar surface area (TPSA) is 82.5 Å². The highest BCUT2D eigenvalue weighted by atomic mass is 35.5. The fourth-order valence-electron chi connectivity index (χ4n) is 1.75. The molecule has 1 atom stereocenters. The molecule has 1 aromatic rings. The lowest BCUT2D eigenvalue weighted by atomic mass is 10.1. The molecule has 0 saturated heterocycles. The van der Waals surface area contributed by atoms with Crippen molar-refractivity contribution in [3.8, 4) is 0 Å². The van der Waals surface area contributed by atoms with Gasteiger partial charge in [-0.1, -0.05) is 31.4 Å². The summed E-state index contributed by atoms with van der Waals surface area (Å²) in [5.74, 6) is -0.887. The third kappa shape index (κ3) is 4.90. The molecule has 0 aliphatic rings. The Labute approximate surface area is 129 Å². The van der Waals surface area contributed by atoms with E-state index in [0.29, 0.717) is 12.0 Å². The Bertz CT molecular complexity index is 520. The first-order valence-electron chi connectivity index (χ1n) is 6.73. The second-order valence-electron chi connectivity index (χ2n) is 4.93. The summed E-state index contributed by atoms with van der Waals surface area (Å²) in [5.41, 5.74) is 0.357. The van der Waals surface area contributed by atoms with Gasteiger partial charge in [0, 0.05) is 20.3 Å². The standard InChI is InChI=1S/C14H20ClN3O3/c1-4-5-6-11(14(20)21)17-12-10(15)7-9(8-16-12)13(19)18(2)3/h7-8,11H,4-6H2,1-3H3,(H,16,17)(H,20,21)/t11-/m0/s1. The SMILES string of the molecule is CCCC[C@H](Nc1ncc(C(=O)N(C)C)cc1Cl)C(=O)O. The van der Waals surface area contributed by atoms with Gasteiger partial charge in [0.15, 0.2) is 0 Å². The molecule has 0 radical (unpaired) electrons. The van der Waals surface area contributed by atoms with Crippen molar-refractivity contribution in [1.82, 2.24) is 9.88 Å². The summed E-state index contributed by atoms with van der Waals surface area (Å²) in [7, 11) is 3.27. The maximum absolute atomic E-state index is 11.8. The molecule has 0 aromatic carbocycles. The van der Waals surface area contributed by atoms with Gasteiger partial charge < -0.3 is 15.3 Å². The van der Waals surface area contributed by atoms with E-state index in [9.17, 15) is 14.7 Å². The minimum atomic E-state index is -0.949. The Morgan fingerprint density at radius 1 is 1.48 bits per heavy atom. The number of aromatic nitrogens is 1. The van der Waals surface area contributed by atoms with Gasteiger partial charge in [-0.2, -0.15) is 0 Å². The van der Waals surface area contributed by atoms with Gasteiger partial charge in [-0.15, -0.1) is 0 Å². The highest BCUT2D eigenvalue weighted by molar-refractivity contribution is 6.33. The lowest BCUT2D eigenvalue weighted by Gasteiger charge is -2.16. The number of carbonyl (C=O) groups is 2. The quantitative estimate of drug-likeness (QED) is 0.808. The maximum atomic E-state index is 11.8. The summed E-state index contributed by atoms with van der Waals surface area (Å²) < 4.78 is 0. The number of halogens is 1. The largest absolute Gasteiger partial charge is 0.480 e. The molecule has 2 N–H and O–H groups in total. The Morgan fingerprint density at radius 2 is 2.14 bits per heavy atom. The predicted octanol–water partition coefficient (Wildman–Crippen LogP) is 2.49. The molecule has 21 heavy (non-hydrogen) atoms. The average Bonchev–Trinajstić information content (AvgIpc) is 2.43. The van der Waals surface area contributed by atoms with Gasteiger partial charge in [-0.05, 0) is 12.5 Å². The number of carbonyl (C=O) groups excluding carboxylic acids is 1. The lowest BCUT2D eigenvalue weighted by molar-refractivity contribution is -0.138. The Kier molecular flexibility index (Phi) is 6.42. The van der Waals surface area contributed by atoms with Crippen LogP contribution in [0.15, 0.2) is 12.3 Å². The number of hydrogen-bond acceptors (Lipinski definition) is 4. The van der Waals surface area contributed by atoms with Crippen molar-refractivity contribution in [2.24, 2.45) is 0 Å². The molecule has 1 amide bonds. The summed E-state index contributed by atoms with van der Waals surface area (Å²) in [5, 5.41) is 12.2. The van der Waals surface area contributed by atoms with Gasteiger partial charge in [0.1, 0.15) is 11.9 Å². The van der Waals surface area contributed by atoms with Crippen LogP contribution in [0.4, 0.5) is 5.82 Å². The first kappa shape index (κ1) is 17.2. The van der Waals surface area contributed by atoms with Crippen molar-refractivity contribution in [3.63, 3.8) is 0 Å². The Hall–Kier alpha value is -1.82. The van der Waals surface area contributed by atoms with Gasteiger partial charge >= 0.3 is 5.97 Å². The molecule has 1 rings (SSSR count). The van der Waals surface area contributed by atoms with Crippen LogP contribution in [-0.2, 0) is 4.79 Å². The number of pyridine rings is 1. The molecule has 0 unspecified atom stereocenters. The van der Waals surface area contributed by atoms with Crippen molar-refractivity contribution in [1.29, 1.82) is 0 Å². The maximum Gasteiger partial charge on any atom is 0.326 e. The second kappa shape index (κ2) is 7.83. The van der Waals surface area contributed by atoms with Crippen LogP contribution in [0, 0.1) is 0 Å². The highest BCUT2D eigenvalue weighted by Gasteiger charge is 2.19. The number of nitrogens with one attached hydrogen (secondary N) is 1. The molecular weight excluding hydrogens is 294 g/mol. The molecule has 1 aromatic heterocycles. The number of anilines is 1. The van der Waals surface area contributed by atoms with Crippen molar-refractivity contribution in [2.45, 2.75) is 32.2 Å². The number of rotatable bonds is 7. The van der Waals surface area contributed by atoms with Crippen molar-refractivity contribution in [2.75, 3.05) is 19.4 Å². The molecule has 0 saturated carbocycles. The fraction of sp³-hybridized carbons (Fsp3) is 0.500. The lowest BCUT2D eigenvalue weighted by Crippen LogP contribution is -2.30. The second-order valence-corrected chi connectivity index (χ2v) is 5.34. The Balaban J connectivity index is 2.88. The molecule has 0 aliphatic carbocycles. The van der Waals surface area contributed by atoms with E-state index >= 15 is 0 Å². The van der Waals surface area contributed by atoms with Crippen molar-refractivity contribution < 1.29 is 14.7 Å². The van der Waals surface area contributed by atoms with Gasteiger partial charge in [-0.3, -0.25) is 4.79 Å².